The first kappa shape index (κ1) is 20.7. The van der Waals surface area contributed by atoms with E-state index in [9.17, 15) is 14.3 Å². The Morgan fingerprint density at radius 2 is 1.97 bits per heavy atom. The minimum Gasteiger partial charge on any atom is -0.462 e. The quantitative estimate of drug-likeness (QED) is 0.431. The van der Waals surface area contributed by atoms with Gasteiger partial charge in [-0.1, -0.05) is 23.4 Å². The Balaban J connectivity index is 1.55. The molecule has 0 spiro atoms. The molecule has 0 amide bonds. The summed E-state index contributed by atoms with van der Waals surface area (Å²) in [7, 11) is 0. The van der Waals surface area contributed by atoms with Crippen molar-refractivity contribution in [2.45, 2.75) is 26.4 Å². The van der Waals surface area contributed by atoms with Crippen molar-refractivity contribution < 1.29 is 23.9 Å². The molecule has 3 rings (SSSR count). The first-order valence-electron chi connectivity index (χ1n) is 9.35. The fraction of sp³-hybridized carbons (Fsp3) is 0.400. The van der Waals surface area contributed by atoms with Crippen molar-refractivity contribution in [3.8, 4) is 11.1 Å². The summed E-state index contributed by atoms with van der Waals surface area (Å²) in [6, 6.07) is 4.87. The first-order chi connectivity index (χ1) is 14.1. The lowest BCUT2D eigenvalue weighted by Crippen LogP contribution is -2.35. The number of esters is 1. The van der Waals surface area contributed by atoms with Crippen LogP contribution in [0.4, 0.5) is 10.3 Å². The van der Waals surface area contributed by atoms with Crippen LogP contribution in [0.1, 0.15) is 25.3 Å². The largest absolute Gasteiger partial charge is 0.462 e. The Morgan fingerprint density at radius 3 is 2.62 bits per heavy atom. The Bertz CT molecular complexity index is 863. The summed E-state index contributed by atoms with van der Waals surface area (Å²) < 4.78 is 19.1. The highest BCUT2D eigenvalue weighted by atomic mass is 19.1. The zero-order valence-corrected chi connectivity index (χ0v) is 16.2. The molecule has 1 aromatic heterocycles. The molecule has 1 aromatic carbocycles. The highest BCUT2D eigenvalue weighted by Gasteiger charge is 2.18. The Morgan fingerprint density at radius 1 is 1.24 bits per heavy atom. The van der Waals surface area contributed by atoms with Crippen LogP contribution in [0.25, 0.3) is 11.1 Å². The van der Waals surface area contributed by atoms with Crippen LogP contribution >= 0.6 is 0 Å². The predicted molar refractivity (Wildman–Crippen MR) is 105 cm³/mol. The number of aromatic nitrogens is 2. The van der Waals surface area contributed by atoms with Crippen LogP contribution in [0, 0.1) is 5.82 Å². The molecule has 154 valence electrons. The maximum Gasteiger partial charge on any atom is 0.302 e. The topological polar surface area (TPSA) is 97.1 Å². The molecule has 9 heteroatoms. The van der Waals surface area contributed by atoms with Crippen LogP contribution in [-0.4, -0.2) is 53.1 Å². The van der Waals surface area contributed by atoms with Crippen LogP contribution in [0.2, 0.25) is 0 Å². The lowest BCUT2D eigenvalue weighted by Gasteiger charge is -2.27. The molecular weight excluding hydrogens is 379 g/mol. The summed E-state index contributed by atoms with van der Waals surface area (Å²) in [5.41, 5.74) is 2.09. The highest BCUT2D eigenvalue weighted by molar-refractivity contribution is 5.86. The number of hydrogen-bond donors (Lipinski definition) is 1. The average Bonchev–Trinajstić information content (AvgIpc) is 2.74. The van der Waals surface area contributed by atoms with Crippen LogP contribution in [0.5, 0.6) is 0 Å². The van der Waals surface area contributed by atoms with Crippen molar-refractivity contribution in [2.24, 2.45) is 5.16 Å². The Kier molecular flexibility index (Phi) is 7.07. The third-order valence-corrected chi connectivity index (χ3v) is 4.50. The smallest absolute Gasteiger partial charge is 0.302 e. The van der Waals surface area contributed by atoms with Gasteiger partial charge in [0.2, 0.25) is 5.95 Å². The van der Waals surface area contributed by atoms with Gasteiger partial charge >= 0.3 is 5.97 Å². The van der Waals surface area contributed by atoms with Gasteiger partial charge in [-0.3, -0.25) is 4.79 Å². The molecule has 0 radical (unpaired) electrons. The van der Waals surface area contributed by atoms with Crippen molar-refractivity contribution >= 4 is 17.6 Å². The molecule has 2 aromatic rings. The molecule has 29 heavy (non-hydrogen) atoms. The second-order valence-corrected chi connectivity index (χ2v) is 6.53. The summed E-state index contributed by atoms with van der Waals surface area (Å²) in [6.45, 7) is 2.79. The molecule has 2 heterocycles. The standard InChI is InChI=1S/C20H23FN4O4/c1-14(27)28-9-10-29-24-17-5-7-25(8-6-17)20-22-11-16(12-23-20)18-4-2-3-15(13-26)19(18)21/h2-4,11-12,26H,5-10,13H2,1H3. The fourth-order valence-corrected chi connectivity index (χ4v) is 2.96. The number of nitrogens with zero attached hydrogens (tertiary/aromatic N) is 4. The first-order valence-corrected chi connectivity index (χ1v) is 9.35. The number of piperidine rings is 1. The summed E-state index contributed by atoms with van der Waals surface area (Å²) in [5.74, 6) is -0.231. The minimum absolute atomic E-state index is 0.181. The SMILES string of the molecule is CC(=O)OCCON=C1CCN(c2ncc(-c3cccc(CO)c3F)cn2)CC1. The van der Waals surface area contributed by atoms with Gasteiger partial charge in [-0.25, -0.2) is 14.4 Å². The average molecular weight is 402 g/mol. The molecule has 8 nitrogen and oxygen atoms in total. The van der Waals surface area contributed by atoms with Gasteiger partial charge in [0.05, 0.1) is 12.3 Å². The molecule has 1 N–H and O–H groups in total. The molecule has 1 aliphatic heterocycles. The van der Waals surface area contributed by atoms with Crippen molar-refractivity contribution in [3.63, 3.8) is 0 Å². The number of carbonyl (C=O) groups excluding carboxylic acids is 1. The Hall–Kier alpha value is -3.07. The monoisotopic (exact) mass is 402 g/mol. The zero-order valence-electron chi connectivity index (χ0n) is 16.2. The number of benzene rings is 1. The Labute approximate surface area is 168 Å². The molecule has 0 bridgehead atoms. The third-order valence-electron chi connectivity index (χ3n) is 4.50. The van der Waals surface area contributed by atoms with E-state index in [1.165, 1.54) is 6.92 Å². The van der Waals surface area contributed by atoms with Crippen LogP contribution in [0.15, 0.2) is 35.7 Å². The van der Waals surface area contributed by atoms with E-state index in [0.717, 1.165) is 5.71 Å². The van der Waals surface area contributed by atoms with Gasteiger partial charge < -0.3 is 19.6 Å². The number of rotatable bonds is 7. The van der Waals surface area contributed by atoms with Crippen molar-refractivity contribution in [2.75, 3.05) is 31.2 Å². The second kappa shape index (κ2) is 9.92. The fourth-order valence-electron chi connectivity index (χ4n) is 2.96. The van der Waals surface area contributed by atoms with Crippen LogP contribution in [-0.2, 0) is 21.0 Å². The van der Waals surface area contributed by atoms with Crippen molar-refractivity contribution in [1.29, 1.82) is 0 Å². The summed E-state index contributed by atoms with van der Waals surface area (Å²) in [5, 5.41) is 13.3. The van der Waals surface area contributed by atoms with Gasteiger partial charge in [0.15, 0.2) is 6.61 Å². The van der Waals surface area contributed by atoms with Gasteiger partial charge in [0, 0.05) is 61.9 Å². The van der Waals surface area contributed by atoms with Crippen molar-refractivity contribution in [3.05, 3.63) is 42.0 Å². The lowest BCUT2D eigenvalue weighted by atomic mass is 10.1. The van der Waals surface area contributed by atoms with Crippen molar-refractivity contribution in [1.82, 2.24) is 9.97 Å². The van der Waals surface area contributed by atoms with E-state index >= 15 is 0 Å². The number of aliphatic hydroxyl groups excluding tert-OH is 1. The highest BCUT2D eigenvalue weighted by Crippen LogP contribution is 2.25. The molecule has 1 saturated heterocycles. The molecule has 0 aliphatic carbocycles. The van der Waals surface area contributed by atoms with Gasteiger partial charge in [-0.15, -0.1) is 0 Å². The van der Waals surface area contributed by atoms with Crippen LogP contribution < -0.4 is 4.90 Å². The molecule has 0 atom stereocenters. The molecule has 0 saturated carbocycles. The molecule has 1 aliphatic rings. The predicted octanol–water partition coefficient (Wildman–Crippen LogP) is 2.31. The third kappa shape index (κ3) is 5.47. The zero-order chi connectivity index (χ0) is 20.6. The van der Waals surface area contributed by atoms with E-state index in [4.69, 9.17) is 9.57 Å². The number of hydrogen-bond acceptors (Lipinski definition) is 8. The van der Waals surface area contributed by atoms with E-state index in [-0.39, 0.29) is 31.4 Å². The maximum atomic E-state index is 14.4. The summed E-state index contributed by atoms with van der Waals surface area (Å²) >= 11 is 0. The number of anilines is 1. The lowest BCUT2D eigenvalue weighted by molar-refractivity contribution is -0.142. The van der Waals surface area contributed by atoms with E-state index in [1.807, 2.05) is 4.90 Å². The van der Waals surface area contributed by atoms with Gasteiger partial charge in [-0.05, 0) is 0 Å². The summed E-state index contributed by atoms with van der Waals surface area (Å²) in [6.07, 6.45) is 4.60. The van der Waals surface area contributed by atoms with Gasteiger partial charge in [0.25, 0.3) is 0 Å². The maximum absolute atomic E-state index is 14.4. The normalized spacial score (nSPS) is 13.9. The van der Waals surface area contributed by atoms with E-state index < -0.39 is 5.82 Å². The number of carbonyl (C=O) groups is 1. The molecular formula is C20H23FN4O4. The van der Waals surface area contributed by atoms with Crippen LogP contribution in [0.3, 0.4) is 0 Å². The second-order valence-electron chi connectivity index (χ2n) is 6.53. The molecule has 0 unspecified atom stereocenters. The number of ether oxygens (including phenoxy) is 1. The molecule has 1 fully saturated rings. The van der Waals surface area contributed by atoms with E-state index in [0.29, 0.717) is 43.0 Å². The van der Waals surface area contributed by atoms with E-state index in [1.54, 1.807) is 30.6 Å². The summed E-state index contributed by atoms with van der Waals surface area (Å²) in [4.78, 5) is 26.6. The number of oxime groups is 1. The number of aliphatic hydroxyl groups is 1. The van der Waals surface area contributed by atoms with Gasteiger partial charge in [0.1, 0.15) is 12.4 Å². The van der Waals surface area contributed by atoms with E-state index in [2.05, 4.69) is 15.1 Å². The van der Waals surface area contributed by atoms with Gasteiger partial charge in [-0.2, -0.15) is 0 Å². The number of halogens is 1. The minimum atomic E-state index is -0.459.